The summed E-state index contributed by atoms with van der Waals surface area (Å²) in [4.78, 5) is 68.7. The Kier molecular flexibility index (Phi) is 15.9. The highest BCUT2D eigenvalue weighted by Crippen LogP contribution is 1.97. The fourth-order valence-electron chi connectivity index (χ4n) is 1.98. The molecule has 0 saturated carbocycles. The molecule has 0 saturated heterocycles. The number of nitrogens with one attached hydrogen (secondary N) is 2. The van der Waals surface area contributed by atoms with Gasteiger partial charge in [0, 0.05) is 37.1 Å². The minimum atomic E-state index is -0.615. The van der Waals surface area contributed by atoms with Crippen LogP contribution in [0, 0.1) is 0 Å². The summed E-state index contributed by atoms with van der Waals surface area (Å²) in [6.45, 7) is 9.62. The molecule has 190 valence electrons. The van der Waals surface area contributed by atoms with E-state index in [0.717, 1.165) is 0 Å². The van der Waals surface area contributed by atoms with Gasteiger partial charge in [0.25, 0.3) is 0 Å². The zero-order chi connectivity index (χ0) is 25.9. The van der Waals surface area contributed by atoms with Crippen LogP contribution in [0.5, 0.6) is 0 Å². The van der Waals surface area contributed by atoms with Crippen LogP contribution in [0.25, 0.3) is 0 Å². The highest BCUT2D eigenvalue weighted by molar-refractivity contribution is 5.87. The lowest BCUT2D eigenvalue weighted by atomic mass is 10.3. The minimum absolute atomic E-state index is 0.105. The van der Waals surface area contributed by atoms with E-state index in [4.69, 9.17) is 18.9 Å². The number of ether oxygens (including phenoxy) is 4. The molecule has 12 heteroatoms. The molecule has 0 heterocycles. The van der Waals surface area contributed by atoms with Crippen LogP contribution in [0.1, 0.15) is 39.5 Å². The number of carbonyl (C=O) groups is 6. The van der Waals surface area contributed by atoms with Gasteiger partial charge in [0.15, 0.2) is 0 Å². The first-order valence-electron chi connectivity index (χ1n) is 10.5. The van der Waals surface area contributed by atoms with Gasteiger partial charge in [-0.3, -0.25) is 19.2 Å². The van der Waals surface area contributed by atoms with E-state index in [-0.39, 0.29) is 76.3 Å². The predicted octanol–water partition coefficient (Wildman–Crippen LogP) is 0.104. The van der Waals surface area contributed by atoms with Gasteiger partial charge in [-0.1, -0.05) is 13.2 Å². The molecule has 0 fully saturated rings. The number of hydrogen-bond donors (Lipinski definition) is 2. The lowest BCUT2D eigenvalue weighted by Gasteiger charge is -2.08. The first-order valence-corrected chi connectivity index (χ1v) is 10.5. The van der Waals surface area contributed by atoms with Crippen LogP contribution in [0.4, 0.5) is 0 Å². The van der Waals surface area contributed by atoms with E-state index in [2.05, 4.69) is 23.8 Å². The van der Waals surface area contributed by atoms with E-state index in [1.54, 1.807) is 0 Å². The van der Waals surface area contributed by atoms with Gasteiger partial charge in [0.1, 0.15) is 26.4 Å². The summed E-state index contributed by atoms with van der Waals surface area (Å²) in [5.74, 6) is -3.21. The monoisotopic (exact) mass is 484 g/mol. The van der Waals surface area contributed by atoms with Crippen molar-refractivity contribution in [3.05, 3.63) is 24.3 Å². The third-order valence-electron chi connectivity index (χ3n) is 3.74. The molecule has 0 unspecified atom stereocenters. The fraction of sp³-hybridized carbons (Fsp3) is 0.545. The second-order valence-corrected chi connectivity index (χ2v) is 6.97. The molecule has 0 bridgehead atoms. The average molecular weight is 485 g/mol. The summed E-state index contributed by atoms with van der Waals surface area (Å²) in [6.07, 6.45) is -0.514. The van der Waals surface area contributed by atoms with Crippen LogP contribution in [0.15, 0.2) is 24.3 Å². The van der Waals surface area contributed by atoms with Gasteiger partial charge >= 0.3 is 23.9 Å². The Morgan fingerprint density at radius 3 is 1.21 bits per heavy atom. The third-order valence-corrected chi connectivity index (χ3v) is 3.74. The van der Waals surface area contributed by atoms with E-state index in [0.29, 0.717) is 0 Å². The lowest BCUT2D eigenvalue weighted by molar-refractivity contribution is -0.150. The summed E-state index contributed by atoms with van der Waals surface area (Å²) in [5, 5.41) is 5.05. The standard InChI is InChI=1S/C22H32N2O10/c1-15(2)21(29)33-13-11-31-19(27)7-5-17(25)23-9-10-24-18(26)6-8-20(28)32-12-14-34-22(30)16(3)4/h1,3,5-14H2,2,4H3,(H,23,25)(H,24,26). The van der Waals surface area contributed by atoms with Gasteiger partial charge < -0.3 is 29.6 Å². The zero-order valence-electron chi connectivity index (χ0n) is 19.6. The highest BCUT2D eigenvalue weighted by Gasteiger charge is 2.11. The lowest BCUT2D eigenvalue weighted by Crippen LogP contribution is -2.35. The Labute approximate surface area is 198 Å². The summed E-state index contributed by atoms with van der Waals surface area (Å²) in [7, 11) is 0. The average Bonchev–Trinajstić information content (AvgIpc) is 2.78. The van der Waals surface area contributed by atoms with Crippen LogP contribution in [-0.2, 0) is 47.7 Å². The van der Waals surface area contributed by atoms with Gasteiger partial charge in [-0.05, 0) is 13.8 Å². The van der Waals surface area contributed by atoms with Crippen molar-refractivity contribution in [1.82, 2.24) is 10.6 Å². The molecule has 0 aromatic carbocycles. The van der Waals surface area contributed by atoms with Gasteiger partial charge in [-0.15, -0.1) is 0 Å². The Bertz CT molecular complexity index is 712. The molecule has 2 N–H and O–H groups in total. The predicted molar refractivity (Wildman–Crippen MR) is 118 cm³/mol. The summed E-state index contributed by atoms with van der Waals surface area (Å²) >= 11 is 0. The van der Waals surface area contributed by atoms with E-state index in [9.17, 15) is 28.8 Å². The molecule has 2 amide bonds. The summed E-state index contributed by atoms with van der Waals surface area (Å²) < 4.78 is 19.2. The quantitative estimate of drug-likeness (QED) is 0.125. The van der Waals surface area contributed by atoms with E-state index in [1.165, 1.54) is 13.8 Å². The van der Waals surface area contributed by atoms with E-state index >= 15 is 0 Å². The molecule has 0 radical (unpaired) electrons. The maximum atomic E-state index is 11.7. The molecule has 0 rings (SSSR count). The molecule has 0 aliphatic carbocycles. The third kappa shape index (κ3) is 16.9. The summed E-state index contributed by atoms with van der Waals surface area (Å²) in [6, 6.07) is 0. The first kappa shape index (κ1) is 30.3. The molecule has 0 aliphatic rings. The number of esters is 4. The maximum absolute atomic E-state index is 11.7. The Balaban J connectivity index is 3.72. The zero-order valence-corrected chi connectivity index (χ0v) is 19.6. The van der Waals surface area contributed by atoms with Crippen LogP contribution >= 0.6 is 0 Å². The van der Waals surface area contributed by atoms with Crippen molar-refractivity contribution in [2.75, 3.05) is 39.5 Å². The molecular formula is C22H32N2O10. The van der Waals surface area contributed by atoms with Crippen molar-refractivity contribution >= 4 is 35.7 Å². The highest BCUT2D eigenvalue weighted by atomic mass is 16.6. The van der Waals surface area contributed by atoms with Crippen molar-refractivity contribution < 1.29 is 47.7 Å². The molecule has 0 aromatic rings. The Morgan fingerprint density at radius 2 is 0.882 bits per heavy atom. The largest absolute Gasteiger partial charge is 0.462 e. The molecule has 0 spiro atoms. The SMILES string of the molecule is C=C(C)C(=O)OCCOC(=O)CCC(=O)NCCNC(=O)CCC(=O)OCCOC(=O)C(=C)C. The van der Waals surface area contributed by atoms with Gasteiger partial charge in [0.05, 0.1) is 12.8 Å². The van der Waals surface area contributed by atoms with Crippen molar-refractivity contribution in [2.45, 2.75) is 39.5 Å². The molecule has 34 heavy (non-hydrogen) atoms. The molecule has 12 nitrogen and oxygen atoms in total. The van der Waals surface area contributed by atoms with Gasteiger partial charge in [-0.2, -0.15) is 0 Å². The van der Waals surface area contributed by atoms with Crippen molar-refractivity contribution in [3.63, 3.8) is 0 Å². The van der Waals surface area contributed by atoms with Crippen LogP contribution in [-0.4, -0.2) is 75.2 Å². The second kappa shape index (κ2) is 17.8. The normalized spacial score (nSPS) is 9.82. The smallest absolute Gasteiger partial charge is 0.333 e. The van der Waals surface area contributed by atoms with E-state index < -0.39 is 35.7 Å². The number of carbonyl (C=O) groups excluding carboxylic acids is 6. The number of hydrogen-bond acceptors (Lipinski definition) is 10. The molecule has 0 aromatic heterocycles. The van der Waals surface area contributed by atoms with Crippen LogP contribution in [0.2, 0.25) is 0 Å². The van der Waals surface area contributed by atoms with Crippen LogP contribution < -0.4 is 10.6 Å². The molecule has 0 atom stereocenters. The maximum Gasteiger partial charge on any atom is 0.333 e. The van der Waals surface area contributed by atoms with Crippen molar-refractivity contribution in [3.8, 4) is 0 Å². The van der Waals surface area contributed by atoms with Crippen LogP contribution in [0.3, 0.4) is 0 Å². The van der Waals surface area contributed by atoms with E-state index in [1.807, 2.05) is 0 Å². The Morgan fingerprint density at radius 1 is 0.559 bits per heavy atom. The van der Waals surface area contributed by atoms with Crippen molar-refractivity contribution in [2.24, 2.45) is 0 Å². The first-order chi connectivity index (χ1) is 16.0. The van der Waals surface area contributed by atoms with Gasteiger partial charge in [-0.25, -0.2) is 9.59 Å². The summed E-state index contributed by atoms with van der Waals surface area (Å²) in [5.41, 5.74) is 0.467. The fourth-order valence-corrected chi connectivity index (χ4v) is 1.98. The number of amides is 2. The molecule has 0 aliphatic heterocycles. The minimum Gasteiger partial charge on any atom is -0.462 e. The molecular weight excluding hydrogens is 452 g/mol. The topological polar surface area (TPSA) is 163 Å². The number of rotatable bonds is 17. The second-order valence-electron chi connectivity index (χ2n) is 6.97. The van der Waals surface area contributed by atoms with Gasteiger partial charge in [0.2, 0.25) is 11.8 Å². The Hall–Kier alpha value is -3.70. The van der Waals surface area contributed by atoms with Crippen molar-refractivity contribution in [1.29, 1.82) is 0 Å².